The van der Waals surface area contributed by atoms with Crippen LogP contribution in [0.25, 0.3) is 0 Å². The van der Waals surface area contributed by atoms with E-state index in [1.165, 1.54) is 6.07 Å². The molecule has 2 nitrogen and oxygen atoms in total. The molecule has 0 amide bonds. The van der Waals surface area contributed by atoms with Crippen molar-refractivity contribution in [1.29, 1.82) is 0 Å². The molecular formula is C12H10BrFN2. The Morgan fingerprint density at radius 2 is 1.94 bits per heavy atom. The highest BCUT2D eigenvalue weighted by molar-refractivity contribution is 9.10. The van der Waals surface area contributed by atoms with Gasteiger partial charge in [-0.15, -0.1) is 0 Å². The zero-order chi connectivity index (χ0) is 11.5. The molecule has 2 rings (SSSR count). The lowest BCUT2D eigenvalue weighted by Crippen LogP contribution is -2.11. The summed E-state index contributed by atoms with van der Waals surface area (Å²) in [6.45, 7) is 0. The maximum Gasteiger partial charge on any atom is 0.146 e. The predicted molar refractivity (Wildman–Crippen MR) is 66.4 cm³/mol. The van der Waals surface area contributed by atoms with Crippen LogP contribution >= 0.6 is 15.9 Å². The lowest BCUT2D eigenvalue weighted by atomic mass is 10.2. The van der Waals surface area contributed by atoms with E-state index < -0.39 is 0 Å². The van der Waals surface area contributed by atoms with Gasteiger partial charge in [-0.3, -0.25) is 4.98 Å². The van der Waals surface area contributed by atoms with Crippen LogP contribution in [0.1, 0.15) is 0 Å². The van der Waals surface area contributed by atoms with Gasteiger partial charge in [0.2, 0.25) is 0 Å². The van der Waals surface area contributed by atoms with Gasteiger partial charge in [-0.25, -0.2) is 4.39 Å². The minimum Gasteiger partial charge on any atom is -0.341 e. The molecule has 16 heavy (non-hydrogen) atoms. The first kappa shape index (κ1) is 11.1. The largest absolute Gasteiger partial charge is 0.341 e. The van der Waals surface area contributed by atoms with E-state index in [1.807, 2.05) is 19.2 Å². The Labute approximate surface area is 102 Å². The maximum absolute atomic E-state index is 13.6. The summed E-state index contributed by atoms with van der Waals surface area (Å²) in [6, 6.07) is 8.50. The number of anilines is 2. The molecular weight excluding hydrogens is 271 g/mol. The first-order valence-electron chi connectivity index (χ1n) is 4.78. The van der Waals surface area contributed by atoms with E-state index in [0.717, 1.165) is 10.2 Å². The van der Waals surface area contributed by atoms with Gasteiger partial charge in [0, 0.05) is 19.4 Å². The maximum atomic E-state index is 13.6. The Hall–Kier alpha value is -1.42. The Kier molecular flexibility index (Phi) is 3.19. The molecule has 0 bridgehead atoms. The van der Waals surface area contributed by atoms with E-state index >= 15 is 0 Å². The number of hydrogen-bond acceptors (Lipinski definition) is 2. The van der Waals surface area contributed by atoms with Crippen molar-refractivity contribution in [2.24, 2.45) is 0 Å². The molecule has 0 aliphatic rings. The second kappa shape index (κ2) is 4.61. The molecule has 0 N–H and O–H groups in total. The van der Waals surface area contributed by atoms with Crippen LogP contribution in [0.4, 0.5) is 15.8 Å². The third-order valence-corrected chi connectivity index (χ3v) is 2.94. The molecule has 1 aromatic carbocycles. The van der Waals surface area contributed by atoms with Crippen molar-refractivity contribution < 1.29 is 4.39 Å². The number of hydrogen-bond donors (Lipinski definition) is 0. The van der Waals surface area contributed by atoms with Gasteiger partial charge < -0.3 is 4.90 Å². The first-order chi connectivity index (χ1) is 7.70. The Morgan fingerprint density at radius 1 is 1.19 bits per heavy atom. The van der Waals surface area contributed by atoms with Crippen LogP contribution < -0.4 is 4.90 Å². The molecule has 4 heteroatoms. The molecule has 0 unspecified atom stereocenters. The number of halogens is 2. The summed E-state index contributed by atoms with van der Waals surface area (Å²) in [5.41, 5.74) is 1.41. The summed E-state index contributed by atoms with van der Waals surface area (Å²) >= 11 is 3.39. The number of aromatic nitrogens is 1. The van der Waals surface area contributed by atoms with Crippen LogP contribution in [0.15, 0.2) is 47.2 Å². The predicted octanol–water partition coefficient (Wildman–Crippen LogP) is 3.75. The molecule has 82 valence electrons. The van der Waals surface area contributed by atoms with E-state index in [9.17, 15) is 4.39 Å². The van der Waals surface area contributed by atoms with Crippen molar-refractivity contribution in [1.82, 2.24) is 4.98 Å². The highest BCUT2D eigenvalue weighted by Crippen LogP contribution is 2.30. The minimum absolute atomic E-state index is 0.242. The fraction of sp³-hybridized carbons (Fsp3) is 0.0833. The molecule has 0 aliphatic heterocycles. The van der Waals surface area contributed by atoms with Crippen molar-refractivity contribution in [3.8, 4) is 0 Å². The normalized spacial score (nSPS) is 10.2. The van der Waals surface area contributed by atoms with E-state index in [4.69, 9.17) is 0 Å². The van der Waals surface area contributed by atoms with Crippen LogP contribution in [0, 0.1) is 5.82 Å². The number of pyridine rings is 1. The molecule has 0 radical (unpaired) electrons. The highest BCUT2D eigenvalue weighted by atomic mass is 79.9. The molecule has 0 fully saturated rings. The SMILES string of the molecule is CN(c1ccccc1F)c1ccncc1Br. The van der Waals surface area contributed by atoms with Crippen molar-refractivity contribution in [2.45, 2.75) is 0 Å². The zero-order valence-corrected chi connectivity index (χ0v) is 10.3. The van der Waals surface area contributed by atoms with E-state index in [1.54, 1.807) is 29.4 Å². The van der Waals surface area contributed by atoms with Crippen LogP contribution in [0.5, 0.6) is 0 Å². The fourth-order valence-electron chi connectivity index (χ4n) is 1.49. The topological polar surface area (TPSA) is 16.1 Å². The van der Waals surface area contributed by atoms with Crippen LogP contribution in [0.3, 0.4) is 0 Å². The van der Waals surface area contributed by atoms with E-state index in [-0.39, 0.29) is 5.82 Å². The number of rotatable bonds is 2. The van der Waals surface area contributed by atoms with Gasteiger partial charge in [-0.05, 0) is 34.1 Å². The Bertz CT molecular complexity index is 456. The Morgan fingerprint density at radius 3 is 2.62 bits per heavy atom. The summed E-state index contributed by atoms with van der Waals surface area (Å²) in [4.78, 5) is 5.75. The second-order valence-corrected chi connectivity index (χ2v) is 4.19. The van der Waals surface area contributed by atoms with E-state index in [0.29, 0.717) is 5.69 Å². The third-order valence-electron chi connectivity index (χ3n) is 2.33. The smallest absolute Gasteiger partial charge is 0.146 e. The summed E-state index contributed by atoms with van der Waals surface area (Å²) in [5, 5.41) is 0. The lowest BCUT2D eigenvalue weighted by Gasteiger charge is -2.20. The standard InChI is InChI=1S/C12H10BrFN2/c1-16(11-6-7-15-8-9(11)13)12-5-3-2-4-10(12)14/h2-8H,1H3. The van der Waals surface area contributed by atoms with Gasteiger partial charge in [-0.1, -0.05) is 12.1 Å². The lowest BCUT2D eigenvalue weighted by molar-refractivity contribution is 0.627. The fourth-order valence-corrected chi connectivity index (χ4v) is 2.01. The Balaban J connectivity index is 2.44. The van der Waals surface area contributed by atoms with Gasteiger partial charge >= 0.3 is 0 Å². The molecule has 1 heterocycles. The molecule has 0 spiro atoms. The average molecular weight is 281 g/mol. The molecule has 0 atom stereocenters. The van der Waals surface area contributed by atoms with Gasteiger partial charge in [0.05, 0.1) is 15.8 Å². The highest BCUT2D eigenvalue weighted by Gasteiger charge is 2.10. The van der Waals surface area contributed by atoms with Crippen LogP contribution in [-0.4, -0.2) is 12.0 Å². The summed E-state index contributed by atoms with van der Waals surface area (Å²) in [5.74, 6) is -0.242. The zero-order valence-electron chi connectivity index (χ0n) is 8.69. The van der Waals surface area contributed by atoms with Crippen molar-refractivity contribution in [2.75, 3.05) is 11.9 Å². The minimum atomic E-state index is -0.242. The monoisotopic (exact) mass is 280 g/mol. The third kappa shape index (κ3) is 2.07. The number of benzene rings is 1. The molecule has 0 saturated carbocycles. The van der Waals surface area contributed by atoms with Crippen molar-refractivity contribution in [3.05, 3.63) is 53.0 Å². The van der Waals surface area contributed by atoms with Crippen molar-refractivity contribution >= 4 is 27.3 Å². The molecule has 0 saturated heterocycles. The second-order valence-electron chi connectivity index (χ2n) is 3.34. The summed E-state index contributed by atoms with van der Waals surface area (Å²) in [7, 11) is 1.82. The van der Waals surface area contributed by atoms with Gasteiger partial charge in [-0.2, -0.15) is 0 Å². The summed E-state index contributed by atoms with van der Waals surface area (Å²) in [6.07, 6.45) is 3.37. The van der Waals surface area contributed by atoms with Crippen molar-refractivity contribution in [3.63, 3.8) is 0 Å². The van der Waals surface area contributed by atoms with Gasteiger partial charge in [0.15, 0.2) is 0 Å². The number of nitrogens with zero attached hydrogens (tertiary/aromatic N) is 2. The average Bonchev–Trinajstić information content (AvgIpc) is 2.29. The number of para-hydroxylation sites is 1. The van der Waals surface area contributed by atoms with Crippen LogP contribution in [-0.2, 0) is 0 Å². The van der Waals surface area contributed by atoms with Gasteiger partial charge in [0.1, 0.15) is 5.82 Å². The molecule has 1 aromatic heterocycles. The van der Waals surface area contributed by atoms with Crippen LogP contribution in [0.2, 0.25) is 0 Å². The van der Waals surface area contributed by atoms with E-state index in [2.05, 4.69) is 20.9 Å². The quantitative estimate of drug-likeness (QED) is 0.833. The van der Waals surface area contributed by atoms with Gasteiger partial charge in [0.25, 0.3) is 0 Å². The molecule has 2 aromatic rings. The summed E-state index contributed by atoms with van der Waals surface area (Å²) < 4.78 is 14.4. The first-order valence-corrected chi connectivity index (χ1v) is 5.57. The molecule has 0 aliphatic carbocycles.